The number of carbonyl (C=O) groups is 1. The van der Waals surface area contributed by atoms with Gasteiger partial charge in [0, 0.05) is 31.3 Å². The van der Waals surface area contributed by atoms with E-state index in [1.807, 2.05) is 13.0 Å². The maximum Gasteiger partial charge on any atom is 0.389 e. The fourth-order valence-corrected chi connectivity index (χ4v) is 1.82. The van der Waals surface area contributed by atoms with Crippen molar-refractivity contribution in [1.82, 2.24) is 5.32 Å². The molecule has 0 radical (unpaired) electrons. The van der Waals surface area contributed by atoms with Gasteiger partial charge < -0.3 is 10.6 Å². The summed E-state index contributed by atoms with van der Waals surface area (Å²) in [6.07, 6.45) is -4.58. The van der Waals surface area contributed by atoms with Crippen molar-refractivity contribution in [3.8, 4) is 0 Å². The molecule has 20 heavy (non-hydrogen) atoms. The van der Waals surface area contributed by atoms with Crippen LogP contribution < -0.4 is 10.6 Å². The lowest BCUT2D eigenvalue weighted by molar-refractivity contribution is -0.135. The molecule has 1 aromatic carbocycles. The Balaban J connectivity index is 2.40. The first kappa shape index (κ1) is 16.3. The van der Waals surface area contributed by atoms with Crippen molar-refractivity contribution in [1.29, 1.82) is 0 Å². The highest BCUT2D eigenvalue weighted by molar-refractivity contribution is 5.96. The van der Waals surface area contributed by atoms with E-state index in [1.165, 1.54) is 0 Å². The molecule has 6 heteroatoms. The van der Waals surface area contributed by atoms with E-state index in [0.29, 0.717) is 12.0 Å². The zero-order valence-electron chi connectivity index (χ0n) is 11.6. The van der Waals surface area contributed by atoms with Crippen molar-refractivity contribution in [2.24, 2.45) is 0 Å². The Morgan fingerprint density at radius 2 is 1.95 bits per heavy atom. The van der Waals surface area contributed by atoms with Gasteiger partial charge in [-0.1, -0.05) is 0 Å². The number of carbonyl (C=O) groups excluding carboxylic acids is 1. The minimum absolute atomic E-state index is 0.0292. The van der Waals surface area contributed by atoms with Gasteiger partial charge in [0.05, 0.1) is 0 Å². The molecule has 2 N–H and O–H groups in total. The van der Waals surface area contributed by atoms with Crippen LogP contribution in [-0.4, -0.2) is 25.7 Å². The van der Waals surface area contributed by atoms with Gasteiger partial charge in [-0.05, 0) is 43.5 Å². The number of halogens is 3. The predicted octanol–water partition coefficient (Wildman–Crippen LogP) is 3.50. The molecule has 0 fully saturated rings. The third-order valence-electron chi connectivity index (χ3n) is 2.93. The van der Waals surface area contributed by atoms with E-state index in [1.54, 1.807) is 19.2 Å². The Morgan fingerprint density at radius 1 is 1.25 bits per heavy atom. The molecular weight excluding hydrogens is 269 g/mol. The molecule has 0 unspecified atom stereocenters. The fourth-order valence-electron chi connectivity index (χ4n) is 1.82. The number of alkyl halides is 3. The lowest BCUT2D eigenvalue weighted by Crippen LogP contribution is -2.25. The van der Waals surface area contributed by atoms with Gasteiger partial charge in [0.1, 0.15) is 0 Å². The second kappa shape index (κ2) is 7.17. The number of anilines is 1. The Morgan fingerprint density at radius 3 is 2.50 bits per heavy atom. The van der Waals surface area contributed by atoms with Crippen molar-refractivity contribution in [2.75, 3.05) is 18.9 Å². The van der Waals surface area contributed by atoms with E-state index in [2.05, 4.69) is 10.6 Å². The normalized spacial score (nSPS) is 11.2. The topological polar surface area (TPSA) is 41.1 Å². The van der Waals surface area contributed by atoms with Crippen LogP contribution in [0, 0.1) is 6.92 Å². The third kappa shape index (κ3) is 5.50. The average molecular weight is 288 g/mol. The molecule has 0 saturated heterocycles. The van der Waals surface area contributed by atoms with Crippen molar-refractivity contribution < 1.29 is 18.0 Å². The Hall–Kier alpha value is -1.72. The monoisotopic (exact) mass is 288 g/mol. The summed E-state index contributed by atoms with van der Waals surface area (Å²) >= 11 is 0. The maximum absolute atomic E-state index is 11.9. The first-order chi connectivity index (χ1) is 9.33. The minimum atomic E-state index is -4.12. The van der Waals surface area contributed by atoms with Gasteiger partial charge in [0.2, 0.25) is 0 Å². The molecule has 1 aromatic rings. The number of aryl methyl sites for hydroxylation is 1. The summed E-state index contributed by atoms with van der Waals surface area (Å²) in [7, 11) is 1.79. The van der Waals surface area contributed by atoms with Crippen LogP contribution in [0.25, 0.3) is 0 Å². The number of benzene rings is 1. The number of amides is 1. The number of hydrogen-bond donors (Lipinski definition) is 2. The standard InChI is InChI=1S/C14H19F3N2O/c1-10-9-11(18-2)5-6-12(10)13(20)19-8-4-3-7-14(15,16)17/h5-6,9,18H,3-4,7-8H2,1-2H3,(H,19,20). The van der Waals surface area contributed by atoms with Crippen LogP contribution in [-0.2, 0) is 0 Å². The second-order valence-corrected chi connectivity index (χ2v) is 4.61. The molecule has 1 rings (SSSR count). The summed E-state index contributed by atoms with van der Waals surface area (Å²) in [4.78, 5) is 11.9. The molecule has 0 aromatic heterocycles. The van der Waals surface area contributed by atoms with Crippen molar-refractivity contribution in [3.05, 3.63) is 29.3 Å². The molecule has 3 nitrogen and oxygen atoms in total. The summed E-state index contributed by atoms with van der Waals surface area (Å²) in [5.41, 5.74) is 2.27. The van der Waals surface area contributed by atoms with E-state index < -0.39 is 12.6 Å². The van der Waals surface area contributed by atoms with E-state index >= 15 is 0 Å². The van der Waals surface area contributed by atoms with Crippen LogP contribution in [0.4, 0.5) is 18.9 Å². The molecule has 0 aliphatic heterocycles. The van der Waals surface area contributed by atoms with Gasteiger partial charge in [0.25, 0.3) is 5.91 Å². The van der Waals surface area contributed by atoms with E-state index in [0.717, 1.165) is 11.3 Å². The Bertz CT molecular complexity index is 458. The van der Waals surface area contributed by atoms with Crippen molar-refractivity contribution in [2.45, 2.75) is 32.4 Å². The van der Waals surface area contributed by atoms with E-state index in [9.17, 15) is 18.0 Å². The lowest BCUT2D eigenvalue weighted by atomic mass is 10.1. The van der Waals surface area contributed by atoms with Crippen molar-refractivity contribution >= 4 is 11.6 Å². The van der Waals surface area contributed by atoms with Crippen LogP contribution in [0.3, 0.4) is 0 Å². The molecule has 0 bridgehead atoms. The number of unbranched alkanes of at least 4 members (excludes halogenated alkanes) is 1. The summed E-state index contributed by atoms with van der Waals surface area (Å²) in [6.45, 7) is 2.07. The SMILES string of the molecule is CNc1ccc(C(=O)NCCCCC(F)(F)F)c(C)c1. The van der Waals surface area contributed by atoms with Crippen LogP contribution in [0.5, 0.6) is 0 Å². The van der Waals surface area contributed by atoms with E-state index in [4.69, 9.17) is 0 Å². The molecule has 0 saturated carbocycles. The molecule has 0 aliphatic rings. The Labute approximate surface area is 116 Å². The highest BCUT2D eigenvalue weighted by Gasteiger charge is 2.25. The molecule has 1 amide bonds. The summed E-state index contributed by atoms with van der Waals surface area (Å²) in [6, 6.07) is 5.33. The largest absolute Gasteiger partial charge is 0.389 e. The average Bonchev–Trinajstić information content (AvgIpc) is 2.36. The first-order valence-electron chi connectivity index (χ1n) is 6.47. The van der Waals surface area contributed by atoms with Crippen LogP contribution in [0.15, 0.2) is 18.2 Å². The Kier molecular flexibility index (Phi) is 5.85. The summed E-state index contributed by atoms with van der Waals surface area (Å²) in [5, 5.41) is 5.61. The second-order valence-electron chi connectivity index (χ2n) is 4.61. The minimum Gasteiger partial charge on any atom is -0.388 e. The smallest absolute Gasteiger partial charge is 0.388 e. The molecule has 0 atom stereocenters. The van der Waals surface area contributed by atoms with Gasteiger partial charge in [-0.3, -0.25) is 4.79 Å². The highest BCUT2D eigenvalue weighted by atomic mass is 19.4. The number of rotatable bonds is 6. The van der Waals surface area contributed by atoms with E-state index in [-0.39, 0.29) is 18.9 Å². The maximum atomic E-state index is 11.9. The molecule has 0 aliphatic carbocycles. The van der Waals surface area contributed by atoms with Gasteiger partial charge in [-0.25, -0.2) is 0 Å². The molecule has 0 heterocycles. The van der Waals surface area contributed by atoms with Gasteiger partial charge in [-0.15, -0.1) is 0 Å². The number of hydrogen-bond acceptors (Lipinski definition) is 2. The fraction of sp³-hybridized carbons (Fsp3) is 0.500. The van der Waals surface area contributed by atoms with Crippen LogP contribution >= 0.6 is 0 Å². The highest BCUT2D eigenvalue weighted by Crippen LogP contribution is 2.21. The molecule has 0 spiro atoms. The summed E-state index contributed by atoms with van der Waals surface area (Å²) < 4.78 is 35.8. The van der Waals surface area contributed by atoms with Gasteiger partial charge >= 0.3 is 6.18 Å². The van der Waals surface area contributed by atoms with Crippen molar-refractivity contribution in [3.63, 3.8) is 0 Å². The van der Waals surface area contributed by atoms with Crippen LogP contribution in [0.2, 0.25) is 0 Å². The van der Waals surface area contributed by atoms with Gasteiger partial charge in [-0.2, -0.15) is 13.2 Å². The van der Waals surface area contributed by atoms with Gasteiger partial charge in [0.15, 0.2) is 0 Å². The molecular formula is C14H19F3N2O. The zero-order chi connectivity index (χ0) is 15.2. The molecule has 112 valence electrons. The third-order valence-corrected chi connectivity index (χ3v) is 2.93. The zero-order valence-corrected chi connectivity index (χ0v) is 11.6. The summed E-state index contributed by atoms with van der Waals surface area (Å²) in [5.74, 6) is -0.253. The van der Waals surface area contributed by atoms with Crippen LogP contribution in [0.1, 0.15) is 35.2 Å². The lowest BCUT2D eigenvalue weighted by Gasteiger charge is -2.10. The number of nitrogens with one attached hydrogen (secondary N) is 2. The quantitative estimate of drug-likeness (QED) is 0.787. The predicted molar refractivity (Wildman–Crippen MR) is 73.0 cm³/mol. The first-order valence-corrected chi connectivity index (χ1v) is 6.47.